The van der Waals surface area contributed by atoms with E-state index in [4.69, 9.17) is 4.74 Å². The van der Waals surface area contributed by atoms with Gasteiger partial charge in [0.15, 0.2) is 5.65 Å². The van der Waals surface area contributed by atoms with Crippen LogP contribution in [-0.2, 0) is 11.3 Å². The van der Waals surface area contributed by atoms with E-state index in [2.05, 4.69) is 39.8 Å². The standard InChI is InChI=1S/C24H31N5O2/c1-3-8-21(17-9-6-5-7-10-17)28-24(30)20-15-25-23-19(16-26-29(23)4-2)22(20)27-18-11-13-31-14-12-18/h5-7,9-10,15-16,18,21H,3-4,8,11-14H2,1-2H3,(H,25,27)(H,28,30). The molecule has 0 saturated carbocycles. The van der Waals surface area contributed by atoms with Gasteiger partial charge in [-0.25, -0.2) is 9.67 Å². The second kappa shape index (κ2) is 9.92. The summed E-state index contributed by atoms with van der Waals surface area (Å²) in [5, 5.41) is 12.2. The fourth-order valence-electron chi connectivity index (χ4n) is 4.16. The zero-order chi connectivity index (χ0) is 21.6. The second-order valence-electron chi connectivity index (χ2n) is 8.00. The minimum atomic E-state index is -0.115. The molecule has 31 heavy (non-hydrogen) atoms. The smallest absolute Gasteiger partial charge is 0.255 e. The zero-order valence-electron chi connectivity index (χ0n) is 18.3. The molecule has 4 rings (SSSR count). The number of nitrogens with one attached hydrogen (secondary N) is 2. The highest BCUT2D eigenvalue weighted by molar-refractivity contribution is 6.06. The third-order valence-electron chi connectivity index (χ3n) is 5.86. The molecule has 1 atom stereocenters. The molecule has 0 radical (unpaired) electrons. The van der Waals surface area contributed by atoms with Crippen molar-refractivity contribution in [2.45, 2.75) is 58.2 Å². The Balaban J connectivity index is 1.67. The van der Waals surface area contributed by atoms with Crippen LogP contribution in [0.5, 0.6) is 0 Å². The molecule has 7 nitrogen and oxygen atoms in total. The molecule has 2 N–H and O–H groups in total. The van der Waals surface area contributed by atoms with Crippen LogP contribution in [0.25, 0.3) is 11.0 Å². The molecule has 1 aromatic carbocycles. The van der Waals surface area contributed by atoms with Crippen molar-refractivity contribution < 1.29 is 9.53 Å². The Labute approximate surface area is 183 Å². The maximum Gasteiger partial charge on any atom is 0.255 e. The van der Waals surface area contributed by atoms with Crippen LogP contribution in [0.3, 0.4) is 0 Å². The number of amides is 1. The van der Waals surface area contributed by atoms with E-state index in [1.54, 1.807) is 6.20 Å². The van der Waals surface area contributed by atoms with E-state index in [1.165, 1.54) is 0 Å². The quantitative estimate of drug-likeness (QED) is 0.566. The van der Waals surface area contributed by atoms with Crippen molar-refractivity contribution in [1.82, 2.24) is 20.1 Å². The normalized spacial score (nSPS) is 15.7. The van der Waals surface area contributed by atoms with E-state index in [1.807, 2.05) is 36.0 Å². The molecular weight excluding hydrogens is 390 g/mol. The van der Waals surface area contributed by atoms with Crippen molar-refractivity contribution in [2.75, 3.05) is 18.5 Å². The molecule has 3 aromatic rings. The molecule has 1 unspecified atom stereocenters. The Morgan fingerprint density at radius 2 is 1.97 bits per heavy atom. The number of hydrogen-bond acceptors (Lipinski definition) is 5. The summed E-state index contributed by atoms with van der Waals surface area (Å²) < 4.78 is 7.36. The average Bonchev–Trinajstić information content (AvgIpc) is 3.24. The Hall–Kier alpha value is -2.93. The van der Waals surface area contributed by atoms with Crippen molar-refractivity contribution in [3.8, 4) is 0 Å². The lowest BCUT2D eigenvalue weighted by atomic mass is 10.0. The van der Waals surface area contributed by atoms with Gasteiger partial charge in [-0.15, -0.1) is 0 Å². The number of aromatic nitrogens is 3. The van der Waals surface area contributed by atoms with Crippen molar-refractivity contribution in [2.24, 2.45) is 0 Å². The number of nitrogens with zero attached hydrogens (tertiary/aromatic N) is 3. The van der Waals surface area contributed by atoms with E-state index in [0.29, 0.717) is 5.56 Å². The first kappa shape index (κ1) is 21.3. The predicted molar refractivity (Wildman–Crippen MR) is 122 cm³/mol. The molecule has 1 aliphatic rings. The molecule has 0 spiro atoms. The first-order valence-corrected chi connectivity index (χ1v) is 11.3. The summed E-state index contributed by atoms with van der Waals surface area (Å²) in [4.78, 5) is 18.0. The van der Waals surface area contributed by atoms with Crippen molar-refractivity contribution >= 4 is 22.6 Å². The highest BCUT2D eigenvalue weighted by Crippen LogP contribution is 2.29. The minimum Gasteiger partial charge on any atom is -0.381 e. The van der Waals surface area contributed by atoms with E-state index < -0.39 is 0 Å². The second-order valence-corrected chi connectivity index (χ2v) is 8.00. The van der Waals surface area contributed by atoms with Gasteiger partial charge in [-0.05, 0) is 31.7 Å². The molecule has 1 aliphatic heterocycles. The van der Waals surface area contributed by atoms with Gasteiger partial charge in [0.2, 0.25) is 0 Å². The molecule has 3 heterocycles. The summed E-state index contributed by atoms with van der Waals surface area (Å²) >= 11 is 0. The van der Waals surface area contributed by atoms with Crippen LogP contribution >= 0.6 is 0 Å². The molecule has 2 aromatic heterocycles. The number of carbonyl (C=O) groups is 1. The highest BCUT2D eigenvalue weighted by atomic mass is 16.5. The van der Waals surface area contributed by atoms with Gasteiger partial charge < -0.3 is 15.4 Å². The van der Waals surface area contributed by atoms with Gasteiger partial charge in [-0.1, -0.05) is 43.7 Å². The van der Waals surface area contributed by atoms with E-state index in [0.717, 1.165) is 67.7 Å². The summed E-state index contributed by atoms with van der Waals surface area (Å²) in [7, 11) is 0. The van der Waals surface area contributed by atoms with E-state index in [-0.39, 0.29) is 18.0 Å². The van der Waals surface area contributed by atoms with Crippen LogP contribution in [0.4, 0.5) is 5.69 Å². The van der Waals surface area contributed by atoms with Gasteiger partial charge in [0.05, 0.1) is 28.9 Å². The lowest BCUT2D eigenvalue weighted by Crippen LogP contribution is -2.32. The molecule has 1 fully saturated rings. The topological polar surface area (TPSA) is 81.1 Å². The number of benzene rings is 1. The number of anilines is 1. The number of ether oxygens (including phenoxy) is 1. The predicted octanol–water partition coefficient (Wildman–Crippen LogP) is 4.31. The number of carbonyl (C=O) groups excluding carboxylic acids is 1. The third-order valence-corrected chi connectivity index (χ3v) is 5.86. The maximum absolute atomic E-state index is 13.4. The first-order valence-electron chi connectivity index (χ1n) is 11.3. The molecule has 0 aliphatic carbocycles. The molecule has 164 valence electrons. The maximum atomic E-state index is 13.4. The van der Waals surface area contributed by atoms with Crippen molar-refractivity contribution in [3.63, 3.8) is 0 Å². The lowest BCUT2D eigenvalue weighted by molar-refractivity contribution is 0.0903. The average molecular weight is 422 g/mol. The van der Waals surface area contributed by atoms with E-state index >= 15 is 0 Å². The molecule has 1 saturated heterocycles. The van der Waals surface area contributed by atoms with Crippen LogP contribution in [0.15, 0.2) is 42.7 Å². The summed E-state index contributed by atoms with van der Waals surface area (Å²) in [5.41, 5.74) is 3.29. The Kier molecular flexibility index (Phi) is 6.82. The van der Waals surface area contributed by atoms with Crippen LogP contribution in [-0.4, -0.2) is 39.9 Å². The SMILES string of the molecule is CCCC(NC(=O)c1cnc2c(cnn2CC)c1NC1CCOCC1)c1ccccc1. The van der Waals surface area contributed by atoms with Crippen LogP contribution in [0.2, 0.25) is 0 Å². The van der Waals surface area contributed by atoms with Gasteiger partial charge >= 0.3 is 0 Å². The van der Waals surface area contributed by atoms with Crippen LogP contribution < -0.4 is 10.6 Å². The van der Waals surface area contributed by atoms with Gasteiger partial charge in [0, 0.05) is 32.0 Å². The molecule has 0 bridgehead atoms. The van der Waals surface area contributed by atoms with Gasteiger partial charge in [0.1, 0.15) is 0 Å². The number of rotatable bonds is 8. The molecule has 1 amide bonds. The summed E-state index contributed by atoms with van der Waals surface area (Å²) in [6, 6.07) is 10.4. The number of fused-ring (bicyclic) bond motifs is 1. The summed E-state index contributed by atoms with van der Waals surface area (Å²) in [6.45, 7) is 6.36. The van der Waals surface area contributed by atoms with Crippen molar-refractivity contribution in [1.29, 1.82) is 0 Å². The van der Waals surface area contributed by atoms with Crippen molar-refractivity contribution in [3.05, 3.63) is 53.9 Å². The van der Waals surface area contributed by atoms with Gasteiger partial charge in [-0.2, -0.15) is 5.10 Å². The Bertz CT molecular complexity index is 1010. The fourth-order valence-corrected chi connectivity index (χ4v) is 4.16. The lowest BCUT2D eigenvalue weighted by Gasteiger charge is -2.26. The van der Waals surface area contributed by atoms with E-state index in [9.17, 15) is 4.79 Å². The number of pyridine rings is 1. The fraction of sp³-hybridized carbons (Fsp3) is 0.458. The van der Waals surface area contributed by atoms with Gasteiger partial charge in [0.25, 0.3) is 5.91 Å². The summed E-state index contributed by atoms with van der Waals surface area (Å²) in [6.07, 6.45) is 7.17. The monoisotopic (exact) mass is 421 g/mol. The molecule has 7 heteroatoms. The van der Waals surface area contributed by atoms with Crippen LogP contribution in [0.1, 0.15) is 61.5 Å². The largest absolute Gasteiger partial charge is 0.381 e. The molecular formula is C24H31N5O2. The van der Waals surface area contributed by atoms with Gasteiger partial charge in [-0.3, -0.25) is 4.79 Å². The minimum absolute atomic E-state index is 0.0382. The Morgan fingerprint density at radius 3 is 2.68 bits per heavy atom. The number of hydrogen-bond donors (Lipinski definition) is 2. The zero-order valence-corrected chi connectivity index (χ0v) is 18.3. The number of aryl methyl sites for hydroxylation is 1. The third kappa shape index (κ3) is 4.71. The Morgan fingerprint density at radius 1 is 1.19 bits per heavy atom. The summed E-state index contributed by atoms with van der Waals surface area (Å²) in [5.74, 6) is -0.115. The highest BCUT2D eigenvalue weighted by Gasteiger charge is 2.23. The first-order chi connectivity index (χ1) is 15.2. The van der Waals surface area contributed by atoms with Crippen LogP contribution in [0, 0.1) is 0 Å².